The van der Waals surface area contributed by atoms with Crippen molar-refractivity contribution in [2.75, 3.05) is 0 Å². The van der Waals surface area contributed by atoms with E-state index in [0.717, 1.165) is 12.1 Å². The van der Waals surface area contributed by atoms with Gasteiger partial charge in [-0.05, 0) is 30.3 Å². The van der Waals surface area contributed by atoms with Gasteiger partial charge in [-0.3, -0.25) is 4.98 Å². The van der Waals surface area contributed by atoms with Gasteiger partial charge in [-0.25, -0.2) is 4.39 Å². The number of hydrogen-bond donors (Lipinski definition) is 0. The average molecular weight is 296 g/mol. The summed E-state index contributed by atoms with van der Waals surface area (Å²) >= 11 is 0. The van der Waals surface area contributed by atoms with Crippen LogP contribution in [0, 0.1) is 17.1 Å². The number of pyridine rings is 1. The smallest absolute Gasteiger partial charge is 0.406 e. The number of rotatable bonds is 3. The van der Waals surface area contributed by atoms with Crippen molar-refractivity contribution >= 4 is 0 Å². The molecule has 0 aliphatic rings. The molecule has 0 amide bonds. The van der Waals surface area contributed by atoms with Crippen molar-refractivity contribution in [2.24, 2.45) is 0 Å². The lowest BCUT2D eigenvalue weighted by Gasteiger charge is -2.10. The van der Waals surface area contributed by atoms with E-state index in [4.69, 9.17) is 5.26 Å². The molecule has 1 heterocycles. The van der Waals surface area contributed by atoms with Crippen molar-refractivity contribution in [3.8, 4) is 23.1 Å². The highest BCUT2D eigenvalue weighted by atomic mass is 19.4. The molecule has 0 radical (unpaired) electrons. The van der Waals surface area contributed by atoms with E-state index in [-0.39, 0.29) is 17.7 Å². The van der Waals surface area contributed by atoms with Gasteiger partial charge in [0, 0.05) is 17.3 Å². The molecule has 0 aliphatic carbocycles. The Hall–Kier alpha value is -2.62. The molecule has 2 rings (SSSR count). The number of benzene rings is 1. The first-order valence-corrected chi connectivity index (χ1v) is 5.77. The Bertz CT molecular complexity index is 675. The summed E-state index contributed by atoms with van der Waals surface area (Å²) in [6, 6.07) is 7.88. The van der Waals surface area contributed by atoms with Gasteiger partial charge in [0.2, 0.25) is 0 Å². The lowest BCUT2D eigenvalue weighted by atomic mass is 10.1. The van der Waals surface area contributed by atoms with Crippen molar-refractivity contribution < 1.29 is 22.3 Å². The van der Waals surface area contributed by atoms with Gasteiger partial charge >= 0.3 is 6.36 Å². The Morgan fingerprint density at radius 3 is 2.38 bits per heavy atom. The highest BCUT2D eigenvalue weighted by Gasteiger charge is 2.31. The number of aromatic nitrogens is 1. The zero-order chi connectivity index (χ0) is 15.5. The number of ether oxygens (including phenoxy) is 1. The third-order valence-electron chi connectivity index (χ3n) is 2.60. The Morgan fingerprint density at radius 1 is 1.14 bits per heavy atom. The Labute approximate surface area is 117 Å². The zero-order valence-corrected chi connectivity index (χ0v) is 10.5. The molecule has 0 saturated heterocycles. The largest absolute Gasteiger partial charge is 0.573 e. The van der Waals surface area contributed by atoms with Crippen molar-refractivity contribution in [1.82, 2.24) is 4.98 Å². The van der Waals surface area contributed by atoms with Crippen LogP contribution in [-0.2, 0) is 6.42 Å². The second-order valence-electron chi connectivity index (χ2n) is 4.04. The third kappa shape index (κ3) is 3.69. The normalized spacial score (nSPS) is 11.0. The molecule has 0 atom stereocenters. The van der Waals surface area contributed by atoms with E-state index in [1.165, 1.54) is 24.4 Å². The number of alkyl halides is 3. The minimum atomic E-state index is -4.78. The predicted molar refractivity (Wildman–Crippen MR) is 65.6 cm³/mol. The number of halogens is 4. The molecule has 3 nitrogen and oxygen atoms in total. The van der Waals surface area contributed by atoms with Crippen molar-refractivity contribution in [3.05, 3.63) is 47.9 Å². The summed E-state index contributed by atoms with van der Waals surface area (Å²) in [5, 5.41) is 8.59. The van der Waals surface area contributed by atoms with E-state index in [9.17, 15) is 17.6 Å². The van der Waals surface area contributed by atoms with E-state index in [1.54, 1.807) is 0 Å². The molecule has 1 aromatic carbocycles. The second-order valence-corrected chi connectivity index (χ2v) is 4.04. The summed E-state index contributed by atoms with van der Waals surface area (Å²) in [5.74, 6) is -1.07. The number of nitrogens with zero attached hydrogens (tertiary/aromatic N) is 2. The first-order valence-electron chi connectivity index (χ1n) is 5.77. The van der Waals surface area contributed by atoms with Gasteiger partial charge in [-0.1, -0.05) is 0 Å². The molecule has 0 bridgehead atoms. The molecule has 108 valence electrons. The Morgan fingerprint density at radius 2 is 1.81 bits per heavy atom. The quantitative estimate of drug-likeness (QED) is 0.808. The topological polar surface area (TPSA) is 45.9 Å². The van der Waals surface area contributed by atoms with Crippen LogP contribution in [0.25, 0.3) is 11.3 Å². The molecule has 0 spiro atoms. The van der Waals surface area contributed by atoms with E-state index >= 15 is 0 Å². The summed E-state index contributed by atoms with van der Waals surface area (Å²) in [4.78, 5) is 3.85. The minimum Gasteiger partial charge on any atom is -0.406 e. The second kappa shape index (κ2) is 5.79. The van der Waals surface area contributed by atoms with Crippen LogP contribution in [0.3, 0.4) is 0 Å². The fraction of sp³-hybridized carbons (Fsp3) is 0.143. The van der Waals surface area contributed by atoms with Gasteiger partial charge in [-0.2, -0.15) is 5.26 Å². The lowest BCUT2D eigenvalue weighted by Crippen LogP contribution is -2.16. The summed E-state index contributed by atoms with van der Waals surface area (Å²) < 4.78 is 53.9. The first-order chi connectivity index (χ1) is 9.90. The van der Waals surface area contributed by atoms with E-state index in [0.29, 0.717) is 5.56 Å². The van der Waals surface area contributed by atoms with Gasteiger partial charge in [0.15, 0.2) is 5.82 Å². The molecular weight excluding hydrogens is 288 g/mol. The summed E-state index contributed by atoms with van der Waals surface area (Å²) in [5.41, 5.74) is 0.446. The van der Waals surface area contributed by atoms with Crippen molar-refractivity contribution in [2.45, 2.75) is 12.8 Å². The fourth-order valence-corrected chi connectivity index (χ4v) is 1.72. The average Bonchev–Trinajstić information content (AvgIpc) is 2.41. The molecule has 0 N–H and O–H groups in total. The first kappa shape index (κ1) is 14.8. The van der Waals surface area contributed by atoms with Gasteiger partial charge in [0.05, 0.1) is 12.5 Å². The van der Waals surface area contributed by atoms with Crippen LogP contribution in [-0.4, -0.2) is 11.3 Å². The monoisotopic (exact) mass is 296 g/mol. The summed E-state index contributed by atoms with van der Waals surface area (Å²) in [6.07, 6.45) is -3.56. The highest BCUT2D eigenvalue weighted by molar-refractivity contribution is 5.61. The van der Waals surface area contributed by atoms with Crippen LogP contribution in [0.2, 0.25) is 0 Å². The molecule has 0 fully saturated rings. The maximum absolute atomic E-state index is 14.1. The zero-order valence-electron chi connectivity index (χ0n) is 10.5. The SMILES string of the molecule is N#CCc1ccnc(-c2ccc(OC(F)(F)F)cc2)c1F. The van der Waals surface area contributed by atoms with Crippen LogP contribution >= 0.6 is 0 Å². The fourth-order valence-electron chi connectivity index (χ4n) is 1.72. The molecule has 0 unspecified atom stereocenters. The minimum absolute atomic E-state index is 0.0266. The third-order valence-corrected chi connectivity index (χ3v) is 2.60. The maximum atomic E-state index is 14.1. The molecule has 21 heavy (non-hydrogen) atoms. The molecular formula is C14H8F4N2O. The highest BCUT2D eigenvalue weighted by Crippen LogP contribution is 2.27. The Kier molecular flexibility index (Phi) is 4.08. The lowest BCUT2D eigenvalue weighted by molar-refractivity contribution is -0.274. The Balaban J connectivity index is 2.31. The van der Waals surface area contributed by atoms with Crippen LogP contribution < -0.4 is 4.74 Å². The van der Waals surface area contributed by atoms with Crippen molar-refractivity contribution in [1.29, 1.82) is 5.26 Å². The molecule has 2 aromatic rings. The van der Waals surface area contributed by atoms with Crippen LogP contribution in [0.5, 0.6) is 5.75 Å². The molecule has 0 aliphatic heterocycles. The number of hydrogen-bond acceptors (Lipinski definition) is 3. The molecule has 0 saturated carbocycles. The van der Waals surface area contributed by atoms with Gasteiger partial charge < -0.3 is 4.74 Å². The molecule has 7 heteroatoms. The van der Waals surface area contributed by atoms with E-state index < -0.39 is 17.9 Å². The van der Waals surface area contributed by atoms with Crippen molar-refractivity contribution in [3.63, 3.8) is 0 Å². The predicted octanol–water partition coefficient (Wildman–Crippen LogP) is 3.85. The summed E-state index contributed by atoms with van der Waals surface area (Å²) in [6.45, 7) is 0. The molecule has 1 aromatic heterocycles. The van der Waals surface area contributed by atoms with E-state index in [2.05, 4.69) is 9.72 Å². The van der Waals surface area contributed by atoms with E-state index in [1.807, 2.05) is 6.07 Å². The van der Waals surface area contributed by atoms with Crippen LogP contribution in [0.1, 0.15) is 5.56 Å². The van der Waals surface area contributed by atoms with Gasteiger partial charge in [0.1, 0.15) is 11.4 Å². The maximum Gasteiger partial charge on any atom is 0.573 e. The standard InChI is InChI=1S/C14H8F4N2O/c15-12-9(5-7-19)6-8-20-13(12)10-1-3-11(4-2-10)21-14(16,17)18/h1-4,6,8H,5H2. The van der Waals surface area contributed by atoms with Gasteiger partial charge in [0.25, 0.3) is 0 Å². The van der Waals surface area contributed by atoms with Gasteiger partial charge in [-0.15, -0.1) is 13.2 Å². The van der Waals surface area contributed by atoms with Crippen LogP contribution in [0.15, 0.2) is 36.5 Å². The summed E-state index contributed by atoms with van der Waals surface area (Å²) in [7, 11) is 0. The number of nitriles is 1. The van der Waals surface area contributed by atoms with Crippen LogP contribution in [0.4, 0.5) is 17.6 Å².